The van der Waals surface area contributed by atoms with Crippen LogP contribution in [-0.4, -0.2) is 23.9 Å². The third-order valence-corrected chi connectivity index (χ3v) is 6.38. The Morgan fingerprint density at radius 3 is 2.42 bits per heavy atom. The quantitative estimate of drug-likeness (QED) is 0.292. The number of nitrogens with zero attached hydrogens (tertiary/aromatic N) is 3. The number of hydrogen-bond acceptors (Lipinski definition) is 3. The smallest absolute Gasteiger partial charge is 0.158 e. The van der Waals surface area contributed by atoms with E-state index >= 15 is 0 Å². The molecule has 0 fully saturated rings. The van der Waals surface area contributed by atoms with Crippen molar-refractivity contribution in [2.75, 3.05) is 7.11 Å². The van der Waals surface area contributed by atoms with Gasteiger partial charge in [-0.3, -0.25) is 0 Å². The van der Waals surface area contributed by atoms with Crippen molar-refractivity contribution in [1.29, 1.82) is 5.26 Å². The van der Waals surface area contributed by atoms with E-state index in [4.69, 9.17) is 10.00 Å². The lowest BCUT2D eigenvalue weighted by Crippen LogP contribution is -2.14. The molecule has 0 bridgehead atoms. The van der Waals surface area contributed by atoms with E-state index in [0.717, 1.165) is 31.7 Å². The Bertz CT molecular complexity index is 1240. The SMILES string of the molecule is COc1cccc(BCCc2ccccc2)c1.Cc1cccc(C)c1Cc1nccn1CC(C)C#N. The van der Waals surface area contributed by atoms with Gasteiger partial charge in [-0.05, 0) is 61.6 Å². The Morgan fingerprint density at radius 2 is 1.72 bits per heavy atom. The number of aryl methyl sites for hydroxylation is 3. The van der Waals surface area contributed by atoms with Crippen LogP contribution in [0.15, 0.2) is 85.2 Å². The highest BCUT2D eigenvalue weighted by molar-refractivity contribution is 6.53. The lowest BCUT2D eigenvalue weighted by Gasteiger charge is -2.12. The topological polar surface area (TPSA) is 50.8 Å². The van der Waals surface area contributed by atoms with Gasteiger partial charge >= 0.3 is 0 Å². The van der Waals surface area contributed by atoms with Gasteiger partial charge in [0.2, 0.25) is 0 Å². The molecule has 0 aliphatic carbocycles. The molecule has 1 unspecified atom stereocenters. The largest absolute Gasteiger partial charge is 0.497 e. The number of benzene rings is 3. The summed E-state index contributed by atoms with van der Waals surface area (Å²) in [5.41, 5.74) is 6.68. The first-order valence-electron chi connectivity index (χ1n) is 12.6. The van der Waals surface area contributed by atoms with E-state index in [1.54, 1.807) is 7.11 Å². The Hall–Kier alpha value is -3.78. The minimum atomic E-state index is 0.00548. The summed E-state index contributed by atoms with van der Waals surface area (Å²) in [4.78, 5) is 4.43. The van der Waals surface area contributed by atoms with Crippen molar-refractivity contribution in [2.45, 2.75) is 46.5 Å². The van der Waals surface area contributed by atoms with Crippen LogP contribution in [0.25, 0.3) is 0 Å². The molecule has 184 valence electrons. The summed E-state index contributed by atoms with van der Waals surface area (Å²) in [5.74, 6) is 1.98. The van der Waals surface area contributed by atoms with Crippen LogP contribution in [0.4, 0.5) is 0 Å². The Kier molecular flexibility index (Phi) is 10.4. The maximum Gasteiger partial charge on any atom is 0.158 e. The van der Waals surface area contributed by atoms with E-state index in [2.05, 4.69) is 96.2 Å². The van der Waals surface area contributed by atoms with E-state index in [0.29, 0.717) is 6.54 Å². The molecule has 4 nitrogen and oxygen atoms in total. The van der Waals surface area contributed by atoms with Crippen LogP contribution in [0.1, 0.15) is 35.0 Å². The predicted molar refractivity (Wildman–Crippen MR) is 150 cm³/mol. The monoisotopic (exact) mass is 477 g/mol. The fraction of sp³-hybridized carbons (Fsp3) is 0.290. The van der Waals surface area contributed by atoms with Crippen LogP contribution in [0, 0.1) is 31.1 Å². The molecule has 4 rings (SSSR count). The predicted octanol–water partition coefficient (Wildman–Crippen LogP) is 5.67. The lowest BCUT2D eigenvalue weighted by molar-refractivity contribution is 0.415. The summed E-state index contributed by atoms with van der Waals surface area (Å²) in [6.07, 6.45) is 6.91. The molecule has 0 aliphatic heterocycles. The first kappa shape index (κ1) is 26.8. The molecule has 1 heterocycles. The third kappa shape index (κ3) is 8.17. The van der Waals surface area contributed by atoms with Crippen molar-refractivity contribution in [2.24, 2.45) is 5.92 Å². The summed E-state index contributed by atoms with van der Waals surface area (Å²) in [6, 6.07) is 27.6. The van der Waals surface area contributed by atoms with Gasteiger partial charge in [-0.15, -0.1) is 0 Å². The van der Waals surface area contributed by atoms with Crippen LogP contribution in [0.5, 0.6) is 5.75 Å². The molecule has 0 saturated carbocycles. The van der Waals surface area contributed by atoms with Gasteiger partial charge in [-0.25, -0.2) is 4.98 Å². The fourth-order valence-electron chi connectivity index (χ4n) is 4.26. The molecule has 0 spiro atoms. The minimum absolute atomic E-state index is 0.00548. The van der Waals surface area contributed by atoms with Gasteiger partial charge in [0.15, 0.2) is 7.28 Å². The molecule has 0 saturated heterocycles. The number of nitriles is 1. The van der Waals surface area contributed by atoms with Crippen LogP contribution >= 0.6 is 0 Å². The van der Waals surface area contributed by atoms with Gasteiger partial charge in [0, 0.05) is 25.4 Å². The second kappa shape index (κ2) is 13.9. The maximum atomic E-state index is 8.92. The van der Waals surface area contributed by atoms with Crippen molar-refractivity contribution >= 4 is 12.7 Å². The molecule has 0 radical (unpaired) electrons. The number of rotatable bonds is 9. The maximum absolute atomic E-state index is 8.92. The molecule has 0 N–H and O–H groups in total. The number of ether oxygens (including phenoxy) is 1. The standard InChI is InChI=1S/C16H19N3.C15H17BO/c1-12(10-17)11-19-8-7-18-16(19)9-15-13(2)5-4-6-14(15)3;1-17-15-9-5-8-14(12-15)16-11-10-13-6-3-2-4-7-13/h4-8,12H,9,11H2,1-3H3;2-9,12,16H,10-11H2,1H3. The second-order valence-corrected chi connectivity index (χ2v) is 9.26. The summed E-state index contributed by atoms with van der Waals surface area (Å²) in [6.45, 7) is 6.90. The summed E-state index contributed by atoms with van der Waals surface area (Å²) >= 11 is 0. The number of methoxy groups -OCH3 is 1. The Morgan fingerprint density at radius 1 is 1.00 bits per heavy atom. The van der Waals surface area contributed by atoms with Gasteiger partial charge in [-0.2, -0.15) is 5.26 Å². The molecule has 0 amide bonds. The van der Waals surface area contributed by atoms with E-state index in [-0.39, 0.29) is 5.92 Å². The highest BCUT2D eigenvalue weighted by Gasteiger charge is 2.10. The van der Waals surface area contributed by atoms with E-state index < -0.39 is 0 Å². The van der Waals surface area contributed by atoms with Crippen molar-refractivity contribution in [1.82, 2.24) is 9.55 Å². The van der Waals surface area contributed by atoms with E-state index in [1.807, 2.05) is 25.4 Å². The summed E-state index contributed by atoms with van der Waals surface area (Å²) in [7, 11) is 2.81. The van der Waals surface area contributed by atoms with Crippen LogP contribution in [-0.2, 0) is 19.4 Å². The van der Waals surface area contributed by atoms with Gasteiger partial charge in [0.25, 0.3) is 0 Å². The lowest BCUT2D eigenvalue weighted by atomic mass is 9.66. The first-order valence-corrected chi connectivity index (χ1v) is 12.6. The highest BCUT2D eigenvalue weighted by Crippen LogP contribution is 2.18. The zero-order valence-corrected chi connectivity index (χ0v) is 21.9. The van der Waals surface area contributed by atoms with Gasteiger partial charge in [0.05, 0.1) is 19.1 Å². The molecule has 5 heteroatoms. The van der Waals surface area contributed by atoms with Crippen molar-refractivity contribution in [3.63, 3.8) is 0 Å². The molecule has 0 aliphatic rings. The fourth-order valence-corrected chi connectivity index (χ4v) is 4.26. The molecule has 1 atom stereocenters. The summed E-state index contributed by atoms with van der Waals surface area (Å²) in [5, 5.41) is 8.92. The van der Waals surface area contributed by atoms with Crippen molar-refractivity contribution < 1.29 is 4.74 Å². The average molecular weight is 477 g/mol. The molecular formula is C31H36BN3O. The van der Waals surface area contributed by atoms with Crippen molar-refractivity contribution in [3.8, 4) is 11.8 Å². The third-order valence-electron chi connectivity index (χ3n) is 6.38. The number of hydrogen-bond donors (Lipinski definition) is 0. The molecule has 4 aromatic rings. The van der Waals surface area contributed by atoms with Crippen molar-refractivity contribution in [3.05, 3.63) is 113 Å². The normalized spacial score (nSPS) is 11.1. The van der Waals surface area contributed by atoms with Crippen LogP contribution in [0.3, 0.4) is 0 Å². The van der Waals surface area contributed by atoms with Gasteiger partial charge < -0.3 is 9.30 Å². The average Bonchev–Trinajstić information content (AvgIpc) is 3.33. The zero-order chi connectivity index (χ0) is 25.8. The van der Waals surface area contributed by atoms with Crippen LogP contribution < -0.4 is 10.2 Å². The Labute approximate surface area is 216 Å². The second-order valence-electron chi connectivity index (χ2n) is 9.26. The molecule has 1 aromatic heterocycles. The highest BCUT2D eigenvalue weighted by atomic mass is 16.5. The minimum Gasteiger partial charge on any atom is -0.497 e. The zero-order valence-electron chi connectivity index (χ0n) is 21.9. The van der Waals surface area contributed by atoms with Crippen LogP contribution in [0.2, 0.25) is 6.32 Å². The Balaban J connectivity index is 0.000000202. The van der Waals surface area contributed by atoms with E-state index in [9.17, 15) is 0 Å². The van der Waals surface area contributed by atoms with Gasteiger partial charge in [-0.1, -0.05) is 72.4 Å². The number of imidazole rings is 1. The van der Waals surface area contributed by atoms with E-state index in [1.165, 1.54) is 34.0 Å². The molecular weight excluding hydrogens is 441 g/mol. The summed E-state index contributed by atoms with van der Waals surface area (Å²) < 4.78 is 7.30. The van der Waals surface area contributed by atoms with Gasteiger partial charge in [0.1, 0.15) is 11.6 Å². The first-order chi connectivity index (χ1) is 17.5. The molecule has 3 aromatic carbocycles. The molecule has 36 heavy (non-hydrogen) atoms. The number of aromatic nitrogens is 2.